The first-order valence-electron chi connectivity index (χ1n) is 6.92. The number of methoxy groups -OCH3 is 1. The fraction of sp³-hybridized carbons (Fsp3) is 0.571. The molecule has 0 aromatic heterocycles. The van der Waals surface area contributed by atoms with E-state index in [1.807, 2.05) is 18.2 Å². The van der Waals surface area contributed by atoms with Gasteiger partial charge < -0.3 is 10.1 Å². The summed E-state index contributed by atoms with van der Waals surface area (Å²) in [5.74, 6) is -0.0133. The van der Waals surface area contributed by atoms with E-state index in [-0.39, 0.29) is 17.9 Å². The number of halogens is 1. The highest BCUT2D eigenvalue weighted by atomic mass is 35.5. The minimum Gasteiger partial charge on any atom is -0.381 e. The molecule has 2 rings (SSSR count). The monoisotopic (exact) mass is 332 g/mol. The normalized spacial score (nSPS) is 22.1. The fourth-order valence-electron chi connectivity index (χ4n) is 2.48. The summed E-state index contributed by atoms with van der Waals surface area (Å²) in [6.45, 7) is 3.45. The van der Waals surface area contributed by atoms with Gasteiger partial charge in [0.05, 0.1) is 17.9 Å². The summed E-state index contributed by atoms with van der Waals surface area (Å²) >= 11 is 6.02. The quantitative estimate of drug-likeness (QED) is 0.890. The van der Waals surface area contributed by atoms with E-state index in [4.69, 9.17) is 16.3 Å². The van der Waals surface area contributed by atoms with E-state index in [0.717, 1.165) is 5.56 Å². The van der Waals surface area contributed by atoms with Crippen LogP contribution in [-0.4, -0.2) is 51.3 Å². The van der Waals surface area contributed by atoms with Gasteiger partial charge in [0.2, 0.25) is 10.0 Å². The number of ether oxygens (including phenoxy) is 1. The van der Waals surface area contributed by atoms with Crippen LogP contribution in [0.3, 0.4) is 0 Å². The number of hydrogen-bond acceptors (Lipinski definition) is 4. The number of hydrogen-bond donors (Lipinski definition) is 1. The molecule has 0 amide bonds. The van der Waals surface area contributed by atoms with E-state index in [1.165, 1.54) is 7.11 Å². The SMILES string of the molecule is COC(C)CS(=O)(=O)N1CCNCC1c1cccc(Cl)c1. The summed E-state index contributed by atoms with van der Waals surface area (Å²) in [5.41, 5.74) is 0.906. The molecule has 0 radical (unpaired) electrons. The van der Waals surface area contributed by atoms with Crippen molar-refractivity contribution in [2.75, 3.05) is 32.5 Å². The zero-order valence-corrected chi connectivity index (χ0v) is 13.8. The second-order valence-electron chi connectivity index (χ2n) is 5.21. The summed E-state index contributed by atoms with van der Waals surface area (Å²) in [7, 11) is -1.86. The average Bonchev–Trinajstić information content (AvgIpc) is 2.46. The first-order chi connectivity index (χ1) is 9.94. The van der Waals surface area contributed by atoms with E-state index in [9.17, 15) is 8.42 Å². The van der Waals surface area contributed by atoms with Gasteiger partial charge >= 0.3 is 0 Å². The zero-order valence-electron chi connectivity index (χ0n) is 12.3. The molecule has 1 aliphatic heterocycles. The molecule has 1 saturated heterocycles. The predicted molar refractivity (Wildman–Crippen MR) is 84.0 cm³/mol. The first-order valence-corrected chi connectivity index (χ1v) is 8.91. The second-order valence-corrected chi connectivity index (χ2v) is 7.61. The van der Waals surface area contributed by atoms with Crippen LogP contribution in [-0.2, 0) is 14.8 Å². The van der Waals surface area contributed by atoms with Crippen LogP contribution in [0.1, 0.15) is 18.5 Å². The van der Waals surface area contributed by atoms with Crippen molar-refractivity contribution in [2.24, 2.45) is 0 Å². The van der Waals surface area contributed by atoms with Gasteiger partial charge in [0, 0.05) is 31.8 Å². The molecule has 1 fully saturated rings. The molecule has 0 aliphatic carbocycles. The Hall–Kier alpha value is -0.660. The third-order valence-corrected chi connectivity index (χ3v) is 5.91. The molecule has 0 spiro atoms. The summed E-state index contributed by atoms with van der Waals surface area (Å²) in [4.78, 5) is 0. The van der Waals surface area contributed by atoms with Gasteiger partial charge in [-0.25, -0.2) is 8.42 Å². The maximum Gasteiger partial charge on any atom is 0.217 e. The summed E-state index contributed by atoms with van der Waals surface area (Å²) < 4.78 is 31.9. The smallest absolute Gasteiger partial charge is 0.217 e. The number of benzene rings is 1. The van der Waals surface area contributed by atoms with Crippen LogP contribution in [0.15, 0.2) is 24.3 Å². The third-order valence-electron chi connectivity index (χ3n) is 3.63. The van der Waals surface area contributed by atoms with Gasteiger partial charge in [0.1, 0.15) is 0 Å². The molecule has 0 saturated carbocycles. The van der Waals surface area contributed by atoms with Crippen LogP contribution >= 0.6 is 11.6 Å². The van der Waals surface area contributed by atoms with Gasteiger partial charge in [-0.15, -0.1) is 0 Å². The lowest BCUT2D eigenvalue weighted by atomic mass is 10.1. The molecule has 1 aliphatic rings. The van der Waals surface area contributed by atoms with Gasteiger partial charge in [0.25, 0.3) is 0 Å². The molecule has 21 heavy (non-hydrogen) atoms. The molecule has 5 nitrogen and oxygen atoms in total. The standard InChI is InChI=1S/C14H21ClN2O3S/c1-11(20-2)10-21(18,19)17-7-6-16-9-14(17)12-4-3-5-13(15)8-12/h3-5,8,11,14,16H,6-7,9-10H2,1-2H3. The van der Waals surface area contributed by atoms with Crippen molar-refractivity contribution in [3.8, 4) is 0 Å². The molecule has 118 valence electrons. The minimum atomic E-state index is -3.38. The van der Waals surface area contributed by atoms with Gasteiger partial charge in [-0.3, -0.25) is 0 Å². The lowest BCUT2D eigenvalue weighted by molar-refractivity contribution is 0.134. The Balaban J connectivity index is 2.27. The highest BCUT2D eigenvalue weighted by Crippen LogP contribution is 2.27. The van der Waals surface area contributed by atoms with Crippen molar-refractivity contribution >= 4 is 21.6 Å². The number of piperazine rings is 1. The summed E-state index contributed by atoms with van der Waals surface area (Å²) in [6.07, 6.45) is -0.329. The van der Waals surface area contributed by atoms with Crippen molar-refractivity contribution in [3.63, 3.8) is 0 Å². The zero-order chi connectivity index (χ0) is 15.5. The number of sulfonamides is 1. The Morgan fingerprint density at radius 3 is 2.95 bits per heavy atom. The molecule has 2 atom stereocenters. The molecule has 0 bridgehead atoms. The van der Waals surface area contributed by atoms with E-state index in [2.05, 4.69) is 5.32 Å². The lowest BCUT2D eigenvalue weighted by Gasteiger charge is -2.36. The van der Waals surface area contributed by atoms with Crippen molar-refractivity contribution in [1.82, 2.24) is 9.62 Å². The molecule has 2 unspecified atom stereocenters. The summed E-state index contributed by atoms with van der Waals surface area (Å²) in [6, 6.07) is 7.13. The van der Waals surface area contributed by atoms with E-state index in [0.29, 0.717) is 24.7 Å². The highest BCUT2D eigenvalue weighted by molar-refractivity contribution is 7.89. The van der Waals surface area contributed by atoms with Gasteiger partial charge in [-0.2, -0.15) is 4.31 Å². The van der Waals surface area contributed by atoms with Crippen LogP contribution < -0.4 is 5.32 Å². The van der Waals surface area contributed by atoms with Gasteiger partial charge in [0.15, 0.2) is 0 Å². The van der Waals surface area contributed by atoms with Crippen molar-refractivity contribution in [2.45, 2.75) is 19.1 Å². The van der Waals surface area contributed by atoms with E-state index in [1.54, 1.807) is 17.3 Å². The number of rotatable bonds is 5. The number of nitrogens with zero attached hydrogens (tertiary/aromatic N) is 1. The molecular weight excluding hydrogens is 312 g/mol. The van der Waals surface area contributed by atoms with E-state index >= 15 is 0 Å². The molecule has 1 heterocycles. The second kappa shape index (κ2) is 7.07. The molecular formula is C14H21ClN2O3S. The molecule has 7 heteroatoms. The van der Waals surface area contributed by atoms with Gasteiger partial charge in [-0.1, -0.05) is 23.7 Å². The Labute approximate surface area is 131 Å². The number of nitrogens with one attached hydrogen (secondary N) is 1. The van der Waals surface area contributed by atoms with Gasteiger partial charge in [-0.05, 0) is 24.6 Å². The lowest BCUT2D eigenvalue weighted by Crippen LogP contribution is -2.50. The van der Waals surface area contributed by atoms with Crippen LogP contribution in [0, 0.1) is 0 Å². The summed E-state index contributed by atoms with van der Waals surface area (Å²) in [5, 5.41) is 3.85. The Bertz CT molecular complexity index is 579. The topological polar surface area (TPSA) is 58.6 Å². The van der Waals surface area contributed by atoms with Crippen LogP contribution in [0.25, 0.3) is 0 Å². The maximum absolute atomic E-state index is 12.6. The Morgan fingerprint density at radius 2 is 2.29 bits per heavy atom. The maximum atomic E-state index is 12.6. The van der Waals surface area contributed by atoms with E-state index < -0.39 is 10.0 Å². The third kappa shape index (κ3) is 4.17. The fourth-order valence-corrected chi connectivity index (χ4v) is 4.55. The Kier molecular flexibility index (Phi) is 5.62. The highest BCUT2D eigenvalue weighted by Gasteiger charge is 2.34. The van der Waals surface area contributed by atoms with Crippen molar-refractivity contribution in [3.05, 3.63) is 34.9 Å². The predicted octanol–water partition coefficient (Wildman–Crippen LogP) is 1.65. The Morgan fingerprint density at radius 1 is 1.52 bits per heavy atom. The molecule has 1 N–H and O–H groups in total. The average molecular weight is 333 g/mol. The molecule has 1 aromatic rings. The minimum absolute atomic E-state index is 0.0133. The van der Waals surface area contributed by atoms with Crippen LogP contribution in [0.4, 0.5) is 0 Å². The van der Waals surface area contributed by atoms with Crippen LogP contribution in [0.5, 0.6) is 0 Å². The van der Waals surface area contributed by atoms with Crippen molar-refractivity contribution in [1.29, 1.82) is 0 Å². The van der Waals surface area contributed by atoms with Crippen LogP contribution in [0.2, 0.25) is 5.02 Å². The first kappa shape index (κ1) is 16.7. The largest absolute Gasteiger partial charge is 0.381 e. The molecule has 1 aromatic carbocycles. The van der Waals surface area contributed by atoms with Crippen molar-refractivity contribution < 1.29 is 13.2 Å².